The highest BCUT2D eigenvalue weighted by Crippen LogP contribution is 2.54. The first-order valence-corrected chi connectivity index (χ1v) is 5.69. The van der Waals surface area contributed by atoms with E-state index in [0.717, 1.165) is 0 Å². The molecule has 2 unspecified atom stereocenters. The lowest BCUT2D eigenvalue weighted by Gasteiger charge is -2.47. The predicted octanol–water partition coefficient (Wildman–Crippen LogP) is 1.36. The van der Waals surface area contributed by atoms with Crippen molar-refractivity contribution in [2.45, 2.75) is 25.7 Å². The third-order valence-corrected chi connectivity index (χ3v) is 4.06. The Morgan fingerprint density at radius 1 is 0.900 bits per heavy atom. The summed E-state index contributed by atoms with van der Waals surface area (Å²) in [5.41, 5.74) is 13.3. The van der Waals surface area contributed by atoms with Crippen LogP contribution in [0.5, 0.6) is 0 Å². The average Bonchev–Trinajstić information content (AvgIpc) is 2.41. The molecule has 3 saturated carbocycles. The number of rotatable bonds is 2. The minimum Gasteiger partial charge on any atom is -0.299 e. The second-order valence-corrected chi connectivity index (χ2v) is 4.85. The molecule has 20 heavy (non-hydrogen) atoms. The molecule has 102 valence electrons. The second kappa shape index (κ2) is 4.44. The molecule has 0 heterocycles. The van der Waals surface area contributed by atoms with Gasteiger partial charge in [0, 0.05) is 22.7 Å². The number of azide groups is 2. The molecule has 2 atom stereocenters. The Bertz CT molecular complexity index is 588. The highest BCUT2D eigenvalue weighted by molar-refractivity contribution is 6.21. The average molecular weight is 276 g/mol. The molecule has 3 aliphatic carbocycles. The van der Waals surface area contributed by atoms with E-state index in [1.807, 2.05) is 0 Å². The normalized spacial score (nSPS) is 31.2. The van der Waals surface area contributed by atoms with Crippen LogP contribution in [0.3, 0.4) is 0 Å². The Hall–Kier alpha value is -2.70. The smallest absolute Gasteiger partial charge is 0.232 e. The predicted molar refractivity (Wildman–Crippen MR) is 61.7 cm³/mol. The Morgan fingerprint density at radius 3 is 1.50 bits per heavy atom. The highest BCUT2D eigenvalue weighted by Gasteiger charge is 2.64. The maximum atomic E-state index is 12.1. The van der Waals surface area contributed by atoms with Crippen molar-refractivity contribution >= 4 is 23.4 Å². The van der Waals surface area contributed by atoms with Crippen LogP contribution in [0.1, 0.15) is 25.7 Å². The number of hydrogen-bond acceptors (Lipinski definition) is 4. The minimum atomic E-state index is -1.65. The Balaban J connectivity index is 2.45. The molecule has 3 aliphatic rings. The van der Waals surface area contributed by atoms with E-state index in [0.29, 0.717) is 0 Å². The summed E-state index contributed by atoms with van der Waals surface area (Å²) >= 11 is 0. The summed E-state index contributed by atoms with van der Waals surface area (Å²) in [6.07, 6.45) is -1.11. The van der Waals surface area contributed by atoms with Gasteiger partial charge in [-0.25, -0.2) is 0 Å². The van der Waals surface area contributed by atoms with Crippen molar-refractivity contribution in [1.82, 2.24) is 0 Å². The van der Waals surface area contributed by atoms with Crippen LogP contribution in [0.25, 0.3) is 20.9 Å². The lowest BCUT2D eigenvalue weighted by molar-refractivity contribution is -0.166. The zero-order valence-electron chi connectivity index (χ0n) is 10.1. The largest absolute Gasteiger partial charge is 0.299 e. The molecule has 0 aliphatic heterocycles. The lowest BCUT2D eigenvalue weighted by atomic mass is 9.52. The van der Waals surface area contributed by atoms with Crippen molar-refractivity contribution in [2.75, 3.05) is 0 Å². The molecule has 10 nitrogen and oxygen atoms in total. The monoisotopic (exact) mass is 276 g/mol. The molecule has 0 radical (unpaired) electrons. The van der Waals surface area contributed by atoms with E-state index in [1.165, 1.54) is 0 Å². The fourth-order valence-electron chi connectivity index (χ4n) is 2.84. The molecule has 0 spiro atoms. The summed E-state index contributed by atoms with van der Waals surface area (Å²) in [5.74, 6) is -3.24. The summed E-state index contributed by atoms with van der Waals surface area (Å²) in [4.78, 5) is 52.4. The van der Waals surface area contributed by atoms with Crippen molar-refractivity contribution in [1.29, 1.82) is 0 Å². The molecule has 0 aromatic rings. The van der Waals surface area contributed by atoms with Gasteiger partial charge in [-0.1, -0.05) is 0 Å². The molecule has 3 rings (SSSR count). The van der Waals surface area contributed by atoms with E-state index in [-0.39, 0.29) is 12.8 Å². The highest BCUT2D eigenvalue weighted by atomic mass is 16.2. The number of carbonyl (C=O) groups is 4. The summed E-state index contributed by atoms with van der Waals surface area (Å²) in [6, 6.07) is 0. The fourth-order valence-corrected chi connectivity index (χ4v) is 2.84. The van der Waals surface area contributed by atoms with Gasteiger partial charge >= 0.3 is 0 Å². The third kappa shape index (κ3) is 1.59. The summed E-state index contributed by atoms with van der Waals surface area (Å²) in [7, 11) is 0. The third-order valence-electron chi connectivity index (χ3n) is 4.06. The topological polar surface area (TPSA) is 166 Å². The summed E-state index contributed by atoms with van der Waals surface area (Å²) < 4.78 is 0. The maximum absolute atomic E-state index is 12.1. The summed E-state index contributed by atoms with van der Waals surface area (Å²) in [6.45, 7) is 0. The maximum Gasteiger partial charge on any atom is 0.232 e. The van der Waals surface area contributed by atoms with Crippen molar-refractivity contribution in [3.8, 4) is 0 Å². The van der Waals surface area contributed by atoms with E-state index >= 15 is 0 Å². The number of carbonyl (C=O) groups excluding carboxylic acids is 4. The first kappa shape index (κ1) is 13.7. The van der Waals surface area contributed by atoms with Gasteiger partial charge < -0.3 is 0 Å². The van der Waals surface area contributed by atoms with E-state index in [2.05, 4.69) is 20.1 Å². The molecule has 3 fully saturated rings. The Labute approximate surface area is 111 Å². The number of nitrogens with zero attached hydrogens (tertiary/aromatic N) is 6. The first-order chi connectivity index (χ1) is 9.43. The molecular formula is C10H8N6O4. The van der Waals surface area contributed by atoms with Gasteiger partial charge in [0.1, 0.15) is 22.4 Å². The van der Waals surface area contributed by atoms with Gasteiger partial charge in [0.15, 0.2) is 0 Å². The van der Waals surface area contributed by atoms with Gasteiger partial charge in [0.2, 0.25) is 11.8 Å². The molecule has 10 heteroatoms. The molecule has 0 aromatic heterocycles. The SMILES string of the molecule is [N-]=[N+]=NC(=O)C12CCC(C(=O)N=[N+]=[N-])(CC1=O)C(=O)C2. The molecular weight excluding hydrogens is 268 g/mol. The van der Waals surface area contributed by atoms with Gasteiger partial charge in [-0.05, 0) is 34.1 Å². The van der Waals surface area contributed by atoms with Crippen LogP contribution in [0.2, 0.25) is 0 Å². The zero-order chi connectivity index (χ0) is 15.0. The van der Waals surface area contributed by atoms with Crippen LogP contribution in [0, 0.1) is 10.8 Å². The fraction of sp³-hybridized carbons (Fsp3) is 0.600. The van der Waals surface area contributed by atoms with Crippen LogP contribution < -0.4 is 0 Å². The lowest BCUT2D eigenvalue weighted by Crippen LogP contribution is -2.59. The first-order valence-electron chi connectivity index (χ1n) is 5.69. The number of amides is 2. The number of ketones is 2. The molecule has 0 N–H and O–H groups in total. The number of fused-ring (bicyclic) bond motifs is 3. The number of hydrogen-bond donors (Lipinski definition) is 0. The van der Waals surface area contributed by atoms with Crippen LogP contribution in [0.4, 0.5) is 0 Å². The Morgan fingerprint density at radius 2 is 1.25 bits per heavy atom. The number of Topliss-reactive ketones (excluding diaryl/α,β-unsaturated/α-hetero) is 2. The van der Waals surface area contributed by atoms with Crippen molar-refractivity contribution in [2.24, 2.45) is 21.1 Å². The quantitative estimate of drug-likeness (QED) is 0.321. The van der Waals surface area contributed by atoms with Crippen molar-refractivity contribution in [3.05, 3.63) is 20.9 Å². The van der Waals surface area contributed by atoms with Crippen LogP contribution in [0.15, 0.2) is 10.2 Å². The van der Waals surface area contributed by atoms with Gasteiger partial charge in [-0.2, -0.15) is 0 Å². The van der Waals surface area contributed by atoms with Crippen LogP contribution >= 0.6 is 0 Å². The zero-order valence-corrected chi connectivity index (χ0v) is 10.1. The summed E-state index contributed by atoms with van der Waals surface area (Å²) in [5, 5.41) is 5.81. The van der Waals surface area contributed by atoms with Crippen LogP contribution in [-0.2, 0) is 19.2 Å². The van der Waals surface area contributed by atoms with Crippen molar-refractivity contribution < 1.29 is 19.2 Å². The van der Waals surface area contributed by atoms with Gasteiger partial charge in [0.25, 0.3) is 0 Å². The second-order valence-electron chi connectivity index (χ2n) is 4.85. The molecule has 0 saturated heterocycles. The van der Waals surface area contributed by atoms with Crippen LogP contribution in [-0.4, -0.2) is 23.4 Å². The molecule has 2 amide bonds. The Kier molecular flexibility index (Phi) is 3.05. The van der Waals surface area contributed by atoms with E-state index in [9.17, 15) is 19.2 Å². The van der Waals surface area contributed by atoms with E-state index in [4.69, 9.17) is 11.1 Å². The van der Waals surface area contributed by atoms with Gasteiger partial charge in [-0.15, -0.1) is 0 Å². The van der Waals surface area contributed by atoms with Gasteiger partial charge in [-0.3, -0.25) is 19.2 Å². The van der Waals surface area contributed by atoms with E-state index < -0.39 is 47.1 Å². The van der Waals surface area contributed by atoms with Gasteiger partial charge in [0.05, 0.1) is 0 Å². The standard InChI is InChI=1S/C10H8N6O4/c11-15-13-7(19)9-1-2-10(4-5(9)17,6(18)3-9)8(20)14-16-12/h1-4H2. The van der Waals surface area contributed by atoms with E-state index in [1.54, 1.807) is 0 Å². The molecule has 2 bridgehead atoms. The molecule has 0 aromatic carbocycles. The minimum absolute atomic E-state index is 0.0673. The van der Waals surface area contributed by atoms with Crippen molar-refractivity contribution in [3.63, 3.8) is 0 Å².